The van der Waals surface area contributed by atoms with E-state index >= 15 is 0 Å². The van der Waals surface area contributed by atoms with Crippen LogP contribution in [-0.2, 0) is 16.6 Å². The van der Waals surface area contributed by atoms with E-state index in [0.29, 0.717) is 11.4 Å². The highest BCUT2D eigenvalue weighted by molar-refractivity contribution is 7.17. The van der Waals surface area contributed by atoms with Crippen LogP contribution in [0.4, 0.5) is 0 Å². The Morgan fingerprint density at radius 2 is 2.07 bits per heavy atom. The van der Waals surface area contributed by atoms with Crippen LogP contribution < -0.4 is 5.32 Å². The van der Waals surface area contributed by atoms with Crippen molar-refractivity contribution < 1.29 is 14.3 Å². The quantitative estimate of drug-likeness (QED) is 0.661. The van der Waals surface area contributed by atoms with Gasteiger partial charge in [0.1, 0.15) is 5.69 Å². The Morgan fingerprint density at radius 1 is 1.25 bits per heavy atom. The molecule has 3 aromatic rings. The fourth-order valence-electron chi connectivity index (χ4n) is 3.72. The number of ether oxygens (including phenoxy) is 1. The van der Waals surface area contributed by atoms with E-state index in [-0.39, 0.29) is 11.9 Å². The Hall–Kier alpha value is -2.67. The van der Waals surface area contributed by atoms with Gasteiger partial charge in [0.05, 0.1) is 15.9 Å². The highest BCUT2D eigenvalue weighted by Gasteiger charge is 2.30. The van der Waals surface area contributed by atoms with Crippen LogP contribution in [0, 0.1) is 0 Å². The van der Waals surface area contributed by atoms with Crippen molar-refractivity contribution >= 4 is 33.4 Å². The summed E-state index contributed by atoms with van der Waals surface area (Å²) in [6.07, 6.45) is 5.88. The van der Waals surface area contributed by atoms with E-state index in [9.17, 15) is 9.59 Å². The first-order valence-corrected chi connectivity index (χ1v) is 10.5. The Balaban J connectivity index is 1.56. The molecule has 1 saturated carbocycles. The molecule has 3 aromatic heterocycles. The Kier molecular flexibility index (Phi) is 5.43. The molecular weight excluding hydrogens is 374 g/mol. The molecule has 0 bridgehead atoms. The number of amides is 1. The zero-order chi connectivity index (χ0) is 19.5. The first kappa shape index (κ1) is 18.7. The van der Waals surface area contributed by atoms with Crippen LogP contribution in [0.25, 0.3) is 10.2 Å². The van der Waals surface area contributed by atoms with Crippen LogP contribution >= 0.6 is 11.3 Å². The Bertz CT molecular complexity index is 973. The lowest BCUT2D eigenvalue weighted by Crippen LogP contribution is -2.40. The highest BCUT2D eigenvalue weighted by Crippen LogP contribution is 2.26. The van der Waals surface area contributed by atoms with E-state index in [2.05, 4.69) is 10.3 Å². The molecule has 0 saturated heterocycles. The number of esters is 1. The summed E-state index contributed by atoms with van der Waals surface area (Å²) in [6.45, 7) is 0. The first-order chi connectivity index (χ1) is 13.6. The fraction of sp³-hybridized carbons (Fsp3) is 0.381. The lowest BCUT2D eigenvalue weighted by Gasteiger charge is -2.25. The van der Waals surface area contributed by atoms with Crippen LogP contribution in [0.1, 0.15) is 54.4 Å². The fourth-order valence-corrected chi connectivity index (χ4v) is 4.57. The summed E-state index contributed by atoms with van der Waals surface area (Å²) in [5, 5.41) is 5.03. The van der Waals surface area contributed by atoms with Gasteiger partial charge in [-0.2, -0.15) is 0 Å². The third-order valence-corrected chi connectivity index (χ3v) is 6.10. The second-order valence-corrected chi connectivity index (χ2v) is 8.09. The number of rotatable bonds is 5. The second-order valence-electron chi connectivity index (χ2n) is 7.14. The topological polar surface area (TPSA) is 73.2 Å². The minimum Gasteiger partial charge on any atom is -0.441 e. The molecule has 146 valence electrons. The molecule has 0 aliphatic heterocycles. The maximum Gasteiger partial charge on any atom is 0.356 e. The maximum absolute atomic E-state index is 13.0. The van der Waals surface area contributed by atoms with Crippen LogP contribution in [0.2, 0.25) is 0 Å². The molecular formula is C21H23N3O3S. The van der Waals surface area contributed by atoms with Gasteiger partial charge in [0, 0.05) is 19.3 Å². The van der Waals surface area contributed by atoms with Crippen molar-refractivity contribution in [2.75, 3.05) is 0 Å². The van der Waals surface area contributed by atoms with Gasteiger partial charge in [-0.1, -0.05) is 25.3 Å². The molecule has 4 rings (SSSR count). The molecule has 7 heteroatoms. The van der Waals surface area contributed by atoms with Crippen LogP contribution in [0.5, 0.6) is 0 Å². The third-order valence-electron chi connectivity index (χ3n) is 5.24. The Morgan fingerprint density at radius 3 is 2.79 bits per heavy atom. The van der Waals surface area contributed by atoms with Crippen molar-refractivity contribution in [1.82, 2.24) is 14.9 Å². The largest absolute Gasteiger partial charge is 0.441 e. The van der Waals surface area contributed by atoms with Crippen LogP contribution in [0.15, 0.2) is 41.9 Å². The highest BCUT2D eigenvalue weighted by atomic mass is 32.1. The van der Waals surface area contributed by atoms with Gasteiger partial charge in [0.25, 0.3) is 5.91 Å². The molecule has 0 spiro atoms. The van der Waals surface area contributed by atoms with Crippen molar-refractivity contribution in [3.8, 4) is 0 Å². The van der Waals surface area contributed by atoms with E-state index < -0.39 is 12.1 Å². The molecule has 1 amide bonds. The van der Waals surface area contributed by atoms with Crippen molar-refractivity contribution in [3.63, 3.8) is 0 Å². The minimum atomic E-state index is -1.07. The molecule has 3 heterocycles. The minimum absolute atomic E-state index is 0.131. The number of hydrogen-bond donors (Lipinski definition) is 1. The normalized spacial score (nSPS) is 16.0. The number of fused-ring (bicyclic) bond motifs is 1. The molecule has 1 atom stereocenters. The van der Waals surface area contributed by atoms with Gasteiger partial charge >= 0.3 is 5.97 Å². The summed E-state index contributed by atoms with van der Waals surface area (Å²) in [5.41, 5.74) is 1.83. The number of aryl methyl sites for hydroxylation is 1. The van der Waals surface area contributed by atoms with E-state index in [1.165, 1.54) is 6.42 Å². The number of hydrogen-bond acceptors (Lipinski definition) is 5. The van der Waals surface area contributed by atoms with Gasteiger partial charge in [0.15, 0.2) is 0 Å². The standard InChI is InChI=1S/C21H23N3O3S/c1-24-16-10-12-28-18(16)13-17(24)21(26)27-19(15-9-5-6-11-22-15)20(25)23-14-7-3-2-4-8-14/h5-6,9-14,19H,2-4,7-8H2,1H3,(H,23,25)/t19-/m0/s1. The molecule has 0 aromatic carbocycles. The maximum atomic E-state index is 13.0. The number of pyridine rings is 1. The van der Waals surface area contributed by atoms with Gasteiger partial charge in [0.2, 0.25) is 6.10 Å². The van der Waals surface area contributed by atoms with Crippen molar-refractivity contribution in [1.29, 1.82) is 0 Å². The molecule has 1 fully saturated rings. The molecule has 6 nitrogen and oxygen atoms in total. The van der Waals surface area contributed by atoms with E-state index in [4.69, 9.17) is 4.74 Å². The number of thiophene rings is 1. The van der Waals surface area contributed by atoms with Gasteiger partial charge in [-0.05, 0) is 42.5 Å². The average molecular weight is 398 g/mol. The number of nitrogens with one attached hydrogen (secondary N) is 1. The molecule has 0 unspecified atom stereocenters. The summed E-state index contributed by atoms with van der Waals surface area (Å²) < 4.78 is 8.48. The van der Waals surface area contributed by atoms with Crippen molar-refractivity contribution in [2.45, 2.75) is 44.2 Å². The van der Waals surface area contributed by atoms with Crippen molar-refractivity contribution in [2.24, 2.45) is 7.05 Å². The number of nitrogens with zero attached hydrogens (tertiary/aromatic N) is 2. The van der Waals surface area contributed by atoms with Gasteiger partial charge < -0.3 is 14.6 Å². The van der Waals surface area contributed by atoms with Crippen LogP contribution in [-0.4, -0.2) is 27.5 Å². The predicted octanol–water partition coefficient (Wildman–Crippen LogP) is 3.98. The summed E-state index contributed by atoms with van der Waals surface area (Å²) >= 11 is 1.56. The number of aromatic nitrogens is 2. The van der Waals surface area contributed by atoms with Crippen molar-refractivity contribution in [3.05, 3.63) is 53.3 Å². The van der Waals surface area contributed by atoms with E-state index in [0.717, 1.165) is 35.9 Å². The molecule has 28 heavy (non-hydrogen) atoms. The average Bonchev–Trinajstić information content (AvgIpc) is 3.30. The number of carbonyl (C=O) groups excluding carboxylic acids is 2. The van der Waals surface area contributed by atoms with Gasteiger partial charge in [-0.15, -0.1) is 11.3 Å². The first-order valence-electron chi connectivity index (χ1n) is 9.58. The predicted molar refractivity (Wildman–Crippen MR) is 108 cm³/mol. The summed E-state index contributed by atoms with van der Waals surface area (Å²) in [7, 11) is 1.82. The molecule has 0 radical (unpaired) electrons. The smallest absolute Gasteiger partial charge is 0.356 e. The Labute approximate surface area is 167 Å². The SMILES string of the molecule is Cn1c(C(=O)O[C@H](C(=O)NC2CCCCC2)c2ccccn2)cc2sccc21. The summed E-state index contributed by atoms with van der Waals surface area (Å²) in [5.74, 6) is -0.838. The van der Waals surface area contributed by atoms with E-state index in [1.54, 1.807) is 46.4 Å². The summed E-state index contributed by atoms with van der Waals surface area (Å²) in [6, 6.07) is 9.16. The molecule has 1 aliphatic carbocycles. The van der Waals surface area contributed by atoms with Crippen LogP contribution in [0.3, 0.4) is 0 Å². The lowest BCUT2D eigenvalue weighted by atomic mass is 9.95. The van der Waals surface area contributed by atoms with Gasteiger partial charge in [-0.3, -0.25) is 9.78 Å². The second kappa shape index (κ2) is 8.14. The lowest BCUT2D eigenvalue weighted by molar-refractivity contribution is -0.131. The summed E-state index contributed by atoms with van der Waals surface area (Å²) in [4.78, 5) is 30.1. The molecule has 1 N–H and O–H groups in total. The zero-order valence-corrected chi connectivity index (χ0v) is 16.6. The van der Waals surface area contributed by atoms with Gasteiger partial charge in [-0.25, -0.2) is 4.79 Å². The molecule has 1 aliphatic rings. The zero-order valence-electron chi connectivity index (χ0n) is 15.8. The number of carbonyl (C=O) groups is 2. The third kappa shape index (κ3) is 3.80. The van der Waals surface area contributed by atoms with E-state index in [1.807, 2.05) is 18.5 Å². The monoisotopic (exact) mass is 397 g/mol.